The van der Waals surface area contributed by atoms with Crippen LogP contribution in [0, 0.1) is 0 Å². The third kappa shape index (κ3) is 2.22. The van der Waals surface area contributed by atoms with Crippen molar-refractivity contribution in [3.05, 3.63) is 16.2 Å². The first-order valence-electron chi connectivity index (χ1n) is 6.90. The Morgan fingerprint density at radius 1 is 1.11 bits per heavy atom. The predicted octanol–water partition coefficient (Wildman–Crippen LogP) is 1.76. The van der Waals surface area contributed by atoms with Crippen LogP contribution in [0.15, 0.2) is 4.79 Å². The minimum atomic E-state index is -0.135. The van der Waals surface area contributed by atoms with E-state index in [0.717, 1.165) is 19.0 Å². The van der Waals surface area contributed by atoms with Crippen molar-refractivity contribution in [3.8, 4) is 0 Å². The third-order valence-corrected chi connectivity index (χ3v) is 3.57. The van der Waals surface area contributed by atoms with E-state index in [2.05, 4.69) is 24.8 Å². The lowest BCUT2D eigenvalue weighted by Gasteiger charge is -2.25. The zero-order valence-electron chi connectivity index (χ0n) is 11.4. The second kappa shape index (κ2) is 4.68. The number of aromatic nitrogens is 4. The quantitative estimate of drug-likeness (QED) is 0.863. The summed E-state index contributed by atoms with van der Waals surface area (Å²) in [5.74, 6) is 1.65. The molecule has 3 heterocycles. The Kier molecular flexibility index (Phi) is 3.00. The highest BCUT2D eigenvalue weighted by molar-refractivity contribution is 5.72. The van der Waals surface area contributed by atoms with Crippen LogP contribution in [0.3, 0.4) is 0 Å². The number of nitrogens with one attached hydrogen (secondary N) is 2. The van der Waals surface area contributed by atoms with Crippen molar-refractivity contribution in [1.82, 2.24) is 19.9 Å². The minimum absolute atomic E-state index is 0.135. The molecular weight excluding hydrogens is 242 g/mol. The fourth-order valence-corrected chi connectivity index (χ4v) is 2.44. The van der Waals surface area contributed by atoms with Crippen molar-refractivity contribution in [2.75, 3.05) is 18.0 Å². The number of anilines is 1. The van der Waals surface area contributed by atoms with Crippen molar-refractivity contribution in [1.29, 1.82) is 0 Å². The highest BCUT2D eigenvalue weighted by Crippen LogP contribution is 2.19. The van der Waals surface area contributed by atoms with Gasteiger partial charge in [0.1, 0.15) is 5.82 Å². The van der Waals surface area contributed by atoms with Crippen LogP contribution in [-0.4, -0.2) is 33.0 Å². The lowest BCUT2D eigenvalue weighted by Crippen LogP contribution is -2.30. The van der Waals surface area contributed by atoms with Gasteiger partial charge in [0.05, 0.1) is 0 Å². The second-order valence-electron chi connectivity index (χ2n) is 5.41. The number of nitrogens with zero attached hydrogens (tertiary/aromatic N) is 3. The highest BCUT2D eigenvalue weighted by Gasteiger charge is 2.17. The Morgan fingerprint density at radius 2 is 1.84 bits per heavy atom. The summed E-state index contributed by atoms with van der Waals surface area (Å²) < 4.78 is 0. The summed E-state index contributed by atoms with van der Waals surface area (Å²) in [5.41, 5.74) is 0.863. The van der Waals surface area contributed by atoms with Gasteiger partial charge in [-0.1, -0.05) is 13.8 Å². The largest absolute Gasteiger partial charge is 0.342 e. The lowest BCUT2D eigenvalue weighted by atomic mass is 10.1. The van der Waals surface area contributed by atoms with Gasteiger partial charge in [-0.15, -0.1) is 0 Å². The van der Waals surface area contributed by atoms with E-state index in [1.165, 1.54) is 19.3 Å². The highest BCUT2D eigenvalue weighted by atomic mass is 16.1. The molecule has 3 rings (SSSR count). The summed E-state index contributed by atoms with van der Waals surface area (Å²) in [6.45, 7) is 5.99. The number of fused-ring (bicyclic) bond motifs is 1. The van der Waals surface area contributed by atoms with Crippen LogP contribution in [0.5, 0.6) is 0 Å². The molecule has 1 aliphatic rings. The van der Waals surface area contributed by atoms with E-state index >= 15 is 0 Å². The maximum Gasteiger partial charge on any atom is 0.277 e. The van der Waals surface area contributed by atoms with E-state index in [4.69, 9.17) is 0 Å². The topological polar surface area (TPSA) is 77.7 Å². The number of imidazole rings is 1. The first-order valence-corrected chi connectivity index (χ1v) is 6.90. The molecule has 0 aromatic carbocycles. The first kappa shape index (κ1) is 12.2. The SMILES string of the molecule is CC(C)c1nc2nc(N3CCCCC3)[nH]c2c(=O)[nH]1. The molecule has 0 unspecified atom stereocenters. The van der Waals surface area contributed by atoms with Gasteiger partial charge in [0.2, 0.25) is 5.95 Å². The molecule has 1 fully saturated rings. The summed E-state index contributed by atoms with van der Waals surface area (Å²) in [4.78, 5) is 29.0. The molecule has 6 nitrogen and oxygen atoms in total. The number of aromatic amines is 2. The first-order chi connectivity index (χ1) is 9.15. The molecule has 0 saturated carbocycles. The smallest absolute Gasteiger partial charge is 0.277 e. The fraction of sp³-hybridized carbons (Fsp3) is 0.615. The van der Waals surface area contributed by atoms with E-state index in [-0.39, 0.29) is 11.5 Å². The molecule has 102 valence electrons. The monoisotopic (exact) mass is 261 g/mol. The fourth-order valence-electron chi connectivity index (χ4n) is 2.44. The van der Waals surface area contributed by atoms with Crippen LogP contribution in [-0.2, 0) is 0 Å². The van der Waals surface area contributed by atoms with Crippen molar-refractivity contribution in [3.63, 3.8) is 0 Å². The molecule has 2 aromatic heterocycles. The maximum atomic E-state index is 12.0. The molecule has 0 atom stereocenters. The van der Waals surface area contributed by atoms with Crippen LogP contribution in [0.2, 0.25) is 0 Å². The molecule has 1 saturated heterocycles. The van der Waals surface area contributed by atoms with Gasteiger partial charge in [0, 0.05) is 19.0 Å². The number of piperidine rings is 1. The Bertz CT molecular complexity index is 636. The second-order valence-corrected chi connectivity index (χ2v) is 5.41. The maximum absolute atomic E-state index is 12.0. The number of hydrogen-bond donors (Lipinski definition) is 2. The molecule has 2 N–H and O–H groups in total. The summed E-state index contributed by atoms with van der Waals surface area (Å²) in [5, 5.41) is 0. The molecule has 2 aromatic rings. The van der Waals surface area contributed by atoms with Crippen LogP contribution in [0.25, 0.3) is 11.2 Å². The van der Waals surface area contributed by atoms with Gasteiger partial charge in [-0.25, -0.2) is 4.98 Å². The van der Waals surface area contributed by atoms with Crippen LogP contribution in [0.1, 0.15) is 44.9 Å². The van der Waals surface area contributed by atoms with E-state index in [1.54, 1.807) is 0 Å². The van der Waals surface area contributed by atoms with Gasteiger partial charge in [-0.3, -0.25) is 4.79 Å². The van der Waals surface area contributed by atoms with Gasteiger partial charge in [-0.05, 0) is 19.3 Å². The number of hydrogen-bond acceptors (Lipinski definition) is 4. The molecule has 0 bridgehead atoms. The van der Waals surface area contributed by atoms with Crippen molar-refractivity contribution in [2.24, 2.45) is 0 Å². The molecule has 0 amide bonds. The van der Waals surface area contributed by atoms with Gasteiger partial charge in [0.15, 0.2) is 11.2 Å². The lowest BCUT2D eigenvalue weighted by molar-refractivity contribution is 0.570. The molecule has 0 aliphatic carbocycles. The van der Waals surface area contributed by atoms with Gasteiger partial charge < -0.3 is 14.9 Å². The third-order valence-electron chi connectivity index (χ3n) is 3.57. The van der Waals surface area contributed by atoms with Crippen molar-refractivity contribution in [2.45, 2.75) is 39.0 Å². The average molecular weight is 261 g/mol. The number of H-pyrrole nitrogens is 2. The number of rotatable bonds is 2. The van der Waals surface area contributed by atoms with E-state index < -0.39 is 0 Å². The summed E-state index contributed by atoms with van der Waals surface area (Å²) >= 11 is 0. The summed E-state index contributed by atoms with van der Waals surface area (Å²) in [6.07, 6.45) is 3.63. The molecule has 19 heavy (non-hydrogen) atoms. The molecular formula is C13H19N5O. The van der Waals surface area contributed by atoms with Crippen molar-refractivity contribution < 1.29 is 0 Å². The van der Waals surface area contributed by atoms with Crippen LogP contribution >= 0.6 is 0 Å². The predicted molar refractivity (Wildman–Crippen MR) is 74.7 cm³/mol. The zero-order valence-corrected chi connectivity index (χ0v) is 11.4. The average Bonchev–Trinajstić information content (AvgIpc) is 2.84. The molecule has 1 aliphatic heterocycles. The van der Waals surface area contributed by atoms with Crippen LogP contribution in [0.4, 0.5) is 5.95 Å². The molecule has 0 spiro atoms. The summed E-state index contributed by atoms with van der Waals surface area (Å²) in [6, 6.07) is 0. The minimum Gasteiger partial charge on any atom is -0.342 e. The van der Waals surface area contributed by atoms with E-state index in [9.17, 15) is 4.79 Å². The standard InChI is InChI=1S/C13H19N5O/c1-8(2)10-15-11-9(12(19)16-10)14-13(17-11)18-6-4-3-5-7-18/h8H,3-7H2,1-2H3,(H2,14,15,16,17,19). The Morgan fingerprint density at radius 3 is 2.53 bits per heavy atom. The van der Waals surface area contributed by atoms with Gasteiger partial charge >= 0.3 is 0 Å². The summed E-state index contributed by atoms with van der Waals surface area (Å²) in [7, 11) is 0. The van der Waals surface area contributed by atoms with Gasteiger partial charge in [-0.2, -0.15) is 4.98 Å². The molecule has 0 radical (unpaired) electrons. The van der Waals surface area contributed by atoms with Gasteiger partial charge in [0.25, 0.3) is 5.56 Å². The van der Waals surface area contributed by atoms with Crippen molar-refractivity contribution >= 4 is 17.1 Å². The zero-order chi connectivity index (χ0) is 13.4. The Hall–Kier alpha value is -1.85. The van der Waals surface area contributed by atoms with E-state index in [1.807, 2.05) is 13.8 Å². The Labute approximate surface area is 111 Å². The van der Waals surface area contributed by atoms with E-state index in [0.29, 0.717) is 17.0 Å². The van der Waals surface area contributed by atoms with Crippen LogP contribution < -0.4 is 10.5 Å². The molecule has 6 heteroatoms. The Balaban J connectivity index is 2.04. The normalized spacial score (nSPS) is 16.5.